The van der Waals surface area contributed by atoms with Crippen molar-refractivity contribution in [3.8, 4) is 0 Å². The van der Waals surface area contributed by atoms with E-state index < -0.39 is 0 Å². The molecule has 0 rings (SSSR count). The van der Waals surface area contributed by atoms with Gasteiger partial charge in [0.05, 0.1) is 6.10 Å². The van der Waals surface area contributed by atoms with Crippen LogP contribution in [0, 0.1) is 5.41 Å². The molecule has 0 saturated carbocycles. The van der Waals surface area contributed by atoms with Crippen LogP contribution in [0.1, 0.15) is 26.2 Å². The highest BCUT2D eigenvalue weighted by atomic mass is 16.3. The fourth-order valence-electron chi connectivity index (χ4n) is 0.996. The van der Waals surface area contributed by atoms with E-state index in [1.165, 1.54) is 0 Å². The Bertz CT molecular complexity index is 115. The second-order valence-electron chi connectivity index (χ2n) is 2.77. The summed E-state index contributed by atoms with van der Waals surface area (Å²) in [6.45, 7) is 2.62. The van der Waals surface area contributed by atoms with Crippen molar-refractivity contribution in [2.24, 2.45) is 0 Å². The van der Waals surface area contributed by atoms with E-state index in [1.807, 2.05) is 6.92 Å². The van der Waals surface area contributed by atoms with E-state index in [-0.39, 0.29) is 6.10 Å². The molecule has 0 amide bonds. The molecule has 66 valence electrons. The van der Waals surface area contributed by atoms with E-state index in [0.717, 1.165) is 12.8 Å². The molecule has 0 unspecified atom stereocenters. The van der Waals surface area contributed by atoms with Crippen LogP contribution < -0.4 is 5.32 Å². The monoisotopic (exact) mass is 158 g/mol. The molecule has 0 saturated heterocycles. The Balaban J connectivity index is 3.40. The molecule has 0 aliphatic heterocycles. The first-order valence-electron chi connectivity index (χ1n) is 4.09. The predicted octanol–water partition coefficient (Wildman–Crippen LogP) is 0.777. The van der Waals surface area contributed by atoms with Crippen LogP contribution in [0.4, 0.5) is 0 Å². The van der Waals surface area contributed by atoms with E-state index in [0.29, 0.717) is 18.7 Å². The summed E-state index contributed by atoms with van der Waals surface area (Å²) >= 11 is 0. The second-order valence-corrected chi connectivity index (χ2v) is 2.77. The molecule has 0 fully saturated rings. The van der Waals surface area contributed by atoms with E-state index in [9.17, 15) is 5.11 Å². The minimum absolute atomic E-state index is 0.390. The lowest BCUT2D eigenvalue weighted by Crippen LogP contribution is -2.25. The molecule has 3 heteroatoms. The van der Waals surface area contributed by atoms with Gasteiger partial charge in [0.15, 0.2) is 0 Å². The number of aliphatic hydroxyl groups is 1. The zero-order chi connectivity index (χ0) is 8.69. The fraction of sp³-hybridized carbons (Fsp3) is 0.875. The van der Waals surface area contributed by atoms with Gasteiger partial charge in [-0.2, -0.15) is 0 Å². The van der Waals surface area contributed by atoms with Crippen LogP contribution in [0.5, 0.6) is 0 Å². The maximum Gasteiger partial charge on any atom is 0.0716 e. The molecule has 0 aliphatic rings. The molecular weight excluding hydrogens is 140 g/mol. The molecule has 3 nitrogen and oxygen atoms in total. The largest absolute Gasteiger partial charge is 0.391 e. The fourth-order valence-corrected chi connectivity index (χ4v) is 0.996. The summed E-state index contributed by atoms with van der Waals surface area (Å²) in [6, 6.07) is 0. The first kappa shape index (κ1) is 10.6. The first-order chi connectivity index (χ1) is 5.20. The van der Waals surface area contributed by atoms with E-state index in [4.69, 9.17) is 5.41 Å². The number of hydrogen-bond acceptors (Lipinski definition) is 3. The Morgan fingerprint density at radius 2 is 2.27 bits per heavy atom. The van der Waals surface area contributed by atoms with Crippen LogP contribution in [0.25, 0.3) is 0 Å². The summed E-state index contributed by atoms with van der Waals surface area (Å²) in [5.41, 5.74) is 0.648. The van der Waals surface area contributed by atoms with Gasteiger partial charge < -0.3 is 15.8 Å². The number of nitrogens with one attached hydrogen (secondary N) is 2. The molecule has 11 heavy (non-hydrogen) atoms. The van der Waals surface area contributed by atoms with Gasteiger partial charge in [-0.1, -0.05) is 13.3 Å². The molecule has 0 heterocycles. The summed E-state index contributed by atoms with van der Waals surface area (Å²) in [6.07, 6.45) is 1.92. The van der Waals surface area contributed by atoms with Gasteiger partial charge in [-0.25, -0.2) is 0 Å². The third kappa shape index (κ3) is 6.01. The molecule has 0 spiro atoms. The van der Waals surface area contributed by atoms with Crippen molar-refractivity contribution in [3.63, 3.8) is 0 Å². The van der Waals surface area contributed by atoms with Crippen molar-refractivity contribution in [2.45, 2.75) is 32.3 Å². The van der Waals surface area contributed by atoms with E-state index in [2.05, 4.69) is 5.32 Å². The third-order valence-electron chi connectivity index (χ3n) is 1.47. The van der Waals surface area contributed by atoms with Crippen molar-refractivity contribution < 1.29 is 5.11 Å². The maximum atomic E-state index is 9.24. The van der Waals surface area contributed by atoms with Gasteiger partial charge in [-0.15, -0.1) is 0 Å². The number of aliphatic hydroxyl groups excluding tert-OH is 1. The van der Waals surface area contributed by atoms with Crippen molar-refractivity contribution in [1.29, 1.82) is 5.41 Å². The molecule has 1 atom stereocenters. The van der Waals surface area contributed by atoms with Crippen LogP contribution in [-0.2, 0) is 0 Å². The second kappa shape index (κ2) is 6.31. The topological polar surface area (TPSA) is 56.1 Å². The Morgan fingerprint density at radius 1 is 1.64 bits per heavy atom. The quantitative estimate of drug-likeness (QED) is 0.500. The predicted molar refractivity (Wildman–Crippen MR) is 47.2 cm³/mol. The van der Waals surface area contributed by atoms with Crippen LogP contribution in [0.3, 0.4) is 0 Å². The minimum atomic E-state index is -0.390. The average Bonchev–Trinajstić information content (AvgIpc) is 1.87. The molecule has 0 bridgehead atoms. The number of rotatable bonds is 6. The number of likely N-dealkylation sites (N-methyl/N-ethyl adjacent to an activating group) is 1. The molecule has 0 aromatic heterocycles. The van der Waals surface area contributed by atoms with E-state index in [1.54, 1.807) is 7.05 Å². The molecule has 0 aromatic carbocycles. The SMILES string of the molecule is CCCC(=N)C[C@@H](O)CNC. The van der Waals surface area contributed by atoms with E-state index >= 15 is 0 Å². The molecule has 0 radical (unpaired) electrons. The zero-order valence-electron chi connectivity index (χ0n) is 7.35. The van der Waals surface area contributed by atoms with Gasteiger partial charge in [0, 0.05) is 18.7 Å². The number of hydrogen-bond donors (Lipinski definition) is 3. The zero-order valence-corrected chi connectivity index (χ0v) is 7.35. The van der Waals surface area contributed by atoms with Crippen LogP contribution in [-0.4, -0.2) is 30.5 Å². The first-order valence-corrected chi connectivity index (χ1v) is 4.09. The lowest BCUT2D eigenvalue weighted by atomic mass is 10.1. The highest BCUT2D eigenvalue weighted by Crippen LogP contribution is 1.98. The highest BCUT2D eigenvalue weighted by molar-refractivity contribution is 5.81. The van der Waals surface area contributed by atoms with Crippen molar-refractivity contribution >= 4 is 5.71 Å². The van der Waals surface area contributed by atoms with Crippen LogP contribution in [0.2, 0.25) is 0 Å². The Labute approximate surface area is 68.3 Å². The highest BCUT2D eigenvalue weighted by Gasteiger charge is 2.04. The van der Waals surface area contributed by atoms with Crippen LogP contribution >= 0.6 is 0 Å². The summed E-state index contributed by atoms with van der Waals surface area (Å²) in [7, 11) is 1.80. The Kier molecular flexibility index (Phi) is 6.07. The van der Waals surface area contributed by atoms with Crippen molar-refractivity contribution in [3.05, 3.63) is 0 Å². The smallest absolute Gasteiger partial charge is 0.0716 e. The summed E-state index contributed by atoms with van der Waals surface area (Å²) in [4.78, 5) is 0. The Morgan fingerprint density at radius 3 is 2.73 bits per heavy atom. The van der Waals surface area contributed by atoms with Gasteiger partial charge in [0.1, 0.15) is 0 Å². The molecular formula is C8H18N2O. The summed E-state index contributed by atoms with van der Waals surface area (Å²) in [5, 5.41) is 19.5. The van der Waals surface area contributed by atoms with Gasteiger partial charge in [0.2, 0.25) is 0 Å². The Hall–Kier alpha value is -0.410. The van der Waals surface area contributed by atoms with Crippen molar-refractivity contribution in [2.75, 3.05) is 13.6 Å². The standard InChI is InChI=1S/C8H18N2O/c1-3-4-7(9)5-8(11)6-10-2/h8-11H,3-6H2,1-2H3/t8-/m1/s1. The molecule has 0 aliphatic carbocycles. The lowest BCUT2D eigenvalue weighted by Gasteiger charge is -2.09. The molecule has 0 aromatic rings. The third-order valence-corrected chi connectivity index (χ3v) is 1.47. The summed E-state index contributed by atoms with van der Waals surface area (Å²) in [5.74, 6) is 0. The normalized spacial score (nSPS) is 13.0. The van der Waals surface area contributed by atoms with Crippen molar-refractivity contribution in [1.82, 2.24) is 5.32 Å². The van der Waals surface area contributed by atoms with Crippen LogP contribution in [0.15, 0.2) is 0 Å². The van der Waals surface area contributed by atoms with Gasteiger partial charge >= 0.3 is 0 Å². The van der Waals surface area contributed by atoms with Gasteiger partial charge in [0.25, 0.3) is 0 Å². The minimum Gasteiger partial charge on any atom is -0.391 e. The summed E-state index contributed by atoms with van der Waals surface area (Å²) < 4.78 is 0. The van der Waals surface area contributed by atoms with Gasteiger partial charge in [-0.3, -0.25) is 0 Å². The lowest BCUT2D eigenvalue weighted by molar-refractivity contribution is 0.181. The maximum absolute atomic E-state index is 9.24. The van der Waals surface area contributed by atoms with Gasteiger partial charge in [-0.05, 0) is 13.5 Å². The average molecular weight is 158 g/mol. The molecule has 3 N–H and O–H groups in total.